The number of rotatable bonds is 5. The number of aliphatic hydroxyl groups is 1. The largest absolute Gasteiger partial charge is 0.386 e. The maximum atomic E-state index is 10.9. The molecule has 7 heteroatoms. The molecule has 1 fully saturated rings. The number of aromatic nitrogens is 5. The molecule has 2 aromatic carbocycles. The van der Waals surface area contributed by atoms with Gasteiger partial charge < -0.3 is 14.4 Å². The number of hydrogen-bond donors (Lipinski definition) is 1. The SMILES string of the molecule is [2H][C@@](c1ccccc1)(C1CCOCC1)n1c2cc(C(C)(C)O)ccc2c2ncc(-c3c(C)nnn3C)cc21. The zero-order valence-corrected chi connectivity index (χ0v) is 21.8. The van der Waals surface area contributed by atoms with E-state index in [1.165, 1.54) is 0 Å². The molecule has 0 bridgehead atoms. The maximum Gasteiger partial charge on any atom is 0.0960 e. The minimum atomic E-state index is -1.12. The fourth-order valence-corrected chi connectivity index (χ4v) is 5.63. The summed E-state index contributed by atoms with van der Waals surface area (Å²) < 4.78 is 20.0. The number of ether oxygens (including phenoxy) is 1. The van der Waals surface area contributed by atoms with Gasteiger partial charge in [-0.25, -0.2) is 4.68 Å². The van der Waals surface area contributed by atoms with Crippen molar-refractivity contribution in [2.24, 2.45) is 13.0 Å². The van der Waals surface area contributed by atoms with E-state index >= 15 is 0 Å². The van der Waals surface area contributed by atoms with Crippen LogP contribution in [0.5, 0.6) is 0 Å². The third-order valence-corrected chi connectivity index (χ3v) is 7.50. The van der Waals surface area contributed by atoms with Gasteiger partial charge in [0.2, 0.25) is 0 Å². The second-order valence-electron chi connectivity index (χ2n) is 10.5. The van der Waals surface area contributed by atoms with E-state index in [1.807, 2.05) is 68.7 Å². The quantitative estimate of drug-likeness (QED) is 0.346. The van der Waals surface area contributed by atoms with E-state index in [0.29, 0.717) is 13.2 Å². The number of benzene rings is 2. The molecule has 0 aliphatic carbocycles. The summed E-state index contributed by atoms with van der Waals surface area (Å²) >= 11 is 0. The lowest BCUT2D eigenvalue weighted by atomic mass is 9.86. The first-order chi connectivity index (χ1) is 18.2. The fraction of sp³-hybridized carbons (Fsp3) is 0.367. The molecule has 0 spiro atoms. The Morgan fingerprint density at radius 1 is 1.08 bits per heavy atom. The van der Waals surface area contributed by atoms with E-state index in [4.69, 9.17) is 9.72 Å². The monoisotopic (exact) mass is 496 g/mol. The van der Waals surface area contributed by atoms with E-state index in [2.05, 4.69) is 20.9 Å². The minimum Gasteiger partial charge on any atom is -0.386 e. The van der Waals surface area contributed by atoms with Gasteiger partial charge in [-0.05, 0) is 62.8 Å². The smallest absolute Gasteiger partial charge is 0.0960 e. The van der Waals surface area contributed by atoms with Gasteiger partial charge in [-0.2, -0.15) is 0 Å². The van der Waals surface area contributed by atoms with E-state index in [-0.39, 0.29) is 5.92 Å². The fourth-order valence-electron chi connectivity index (χ4n) is 5.63. The Morgan fingerprint density at radius 2 is 1.84 bits per heavy atom. The number of nitrogens with zero attached hydrogens (tertiary/aromatic N) is 5. The zero-order valence-electron chi connectivity index (χ0n) is 22.8. The van der Waals surface area contributed by atoms with Crippen molar-refractivity contribution in [1.82, 2.24) is 24.5 Å². The van der Waals surface area contributed by atoms with Gasteiger partial charge >= 0.3 is 0 Å². The summed E-state index contributed by atoms with van der Waals surface area (Å²) in [7, 11) is 1.88. The van der Waals surface area contributed by atoms with Crippen molar-refractivity contribution in [3.05, 3.63) is 77.6 Å². The summed E-state index contributed by atoms with van der Waals surface area (Å²) in [4.78, 5) is 4.95. The molecule has 0 saturated carbocycles. The Hall–Kier alpha value is -3.55. The summed E-state index contributed by atoms with van der Waals surface area (Å²) in [6.07, 6.45) is 3.43. The van der Waals surface area contributed by atoms with Crippen molar-refractivity contribution in [1.29, 1.82) is 0 Å². The average Bonchev–Trinajstić information content (AvgIpc) is 3.44. The summed E-state index contributed by atoms with van der Waals surface area (Å²) in [5, 5.41) is 20.3. The lowest BCUT2D eigenvalue weighted by Crippen LogP contribution is -2.27. The second kappa shape index (κ2) is 9.08. The molecular formula is C30H33N5O2. The molecule has 37 heavy (non-hydrogen) atoms. The van der Waals surface area contributed by atoms with Gasteiger partial charge in [0.1, 0.15) is 0 Å². The van der Waals surface area contributed by atoms with Crippen LogP contribution in [0.3, 0.4) is 0 Å². The molecule has 7 nitrogen and oxygen atoms in total. The van der Waals surface area contributed by atoms with Gasteiger partial charge in [0, 0.05) is 37.4 Å². The number of pyridine rings is 1. The molecule has 1 N–H and O–H groups in total. The lowest BCUT2D eigenvalue weighted by molar-refractivity contribution is 0.0552. The Labute approximate surface area is 218 Å². The molecule has 1 aliphatic heterocycles. The number of aryl methyl sites for hydroxylation is 2. The van der Waals surface area contributed by atoms with Gasteiger partial charge in [-0.15, -0.1) is 5.10 Å². The molecule has 1 saturated heterocycles. The molecule has 1 aliphatic rings. The predicted molar refractivity (Wildman–Crippen MR) is 145 cm³/mol. The van der Waals surface area contributed by atoms with Crippen LogP contribution in [-0.4, -0.2) is 42.9 Å². The summed E-state index contributed by atoms with van der Waals surface area (Å²) in [5.41, 5.74) is 5.90. The van der Waals surface area contributed by atoms with Gasteiger partial charge in [-0.1, -0.05) is 47.7 Å². The van der Waals surface area contributed by atoms with Crippen LogP contribution in [0.1, 0.15) is 50.9 Å². The molecule has 5 aromatic rings. The zero-order chi connectivity index (χ0) is 26.7. The van der Waals surface area contributed by atoms with Crippen molar-refractivity contribution in [3.8, 4) is 11.3 Å². The van der Waals surface area contributed by atoms with E-state index in [0.717, 1.165) is 62.9 Å². The normalized spacial score (nSPS) is 17.3. The van der Waals surface area contributed by atoms with Crippen molar-refractivity contribution >= 4 is 21.9 Å². The summed E-state index contributed by atoms with van der Waals surface area (Å²) in [6, 6.07) is 17.1. The predicted octanol–water partition coefficient (Wildman–Crippen LogP) is 5.54. The molecule has 0 radical (unpaired) electrons. The van der Waals surface area contributed by atoms with Crippen molar-refractivity contribution in [3.63, 3.8) is 0 Å². The van der Waals surface area contributed by atoms with Crippen LogP contribution in [0, 0.1) is 12.8 Å². The molecule has 0 unspecified atom stereocenters. The molecule has 1 atom stereocenters. The Morgan fingerprint density at radius 3 is 2.51 bits per heavy atom. The van der Waals surface area contributed by atoms with E-state index in [9.17, 15) is 6.48 Å². The average molecular weight is 497 g/mol. The highest BCUT2D eigenvalue weighted by Crippen LogP contribution is 2.42. The van der Waals surface area contributed by atoms with Gasteiger partial charge in [0.15, 0.2) is 0 Å². The Bertz CT molecular complexity index is 1610. The van der Waals surface area contributed by atoms with Crippen LogP contribution < -0.4 is 0 Å². The van der Waals surface area contributed by atoms with Crippen LogP contribution in [0.15, 0.2) is 60.8 Å². The molecule has 190 valence electrons. The second-order valence-corrected chi connectivity index (χ2v) is 10.5. The first-order valence-electron chi connectivity index (χ1n) is 13.4. The highest BCUT2D eigenvalue weighted by atomic mass is 16.5. The molecule has 6 rings (SSSR count). The van der Waals surface area contributed by atoms with Crippen molar-refractivity contribution in [2.75, 3.05) is 13.2 Å². The standard InChI is InChI=1S/C30H33N5O2/c1-19-28(34(4)33-32-19)22-16-26-27(31-18-22)24-11-10-23(30(2,3)36)17-25(24)35(26)29(20-8-6-5-7-9-20)21-12-14-37-15-13-21/h5-11,16-18,21,29,36H,12-15H2,1-4H3/t29-/m1/s1/i29D. The maximum absolute atomic E-state index is 10.9. The van der Waals surface area contributed by atoms with Gasteiger partial charge in [0.05, 0.1) is 40.9 Å². The Kier molecular flexibility index (Phi) is 5.55. The highest BCUT2D eigenvalue weighted by molar-refractivity contribution is 6.07. The van der Waals surface area contributed by atoms with Gasteiger partial charge in [0.25, 0.3) is 0 Å². The molecule has 3 aromatic heterocycles. The third kappa shape index (κ3) is 4.12. The first-order valence-corrected chi connectivity index (χ1v) is 12.9. The van der Waals surface area contributed by atoms with E-state index in [1.54, 1.807) is 18.5 Å². The van der Waals surface area contributed by atoms with Crippen molar-refractivity contribution < 1.29 is 11.2 Å². The van der Waals surface area contributed by atoms with E-state index < -0.39 is 11.6 Å². The van der Waals surface area contributed by atoms with Crippen molar-refractivity contribution in [2.45, 2.75) is 45.2 Å². The number of hydrogen-bond acceptors (Lipinski definition) is 5. The topological polar surface area (TPSA) is 78.0 Å². The molecule has 0 amide bonds. The van der Waals surface area contributed by atoms with Crippen LogP contribution in [0.25, 0.3) is 33.2 Å². The van der Waals surface area contributed by atoms with Crippen LogP contribution in [0.4, 0.5) is 0 Å². The van der Waals surface area contributed by atoms with Crippen LogP contribution in [0.2, 0.25) is 0 Å². The summed E-state index contributed by atoms with van der Waals surface area (Å²) in [5.74, 6) is 0.0204. The molecule has 4 heterocycles. The molecular weight excluding hydrogens is 462 g/mol. The third-order valence-electron chi connectivity index (χ3n) is 7.50. The summed E-state index contributed by atoms with van der Waals surface area (Å²) in [6.45, 7) is 6.79. The van der Waals surface area contributed by atoms with Crippen LogP contribution >= 0.6 is 0 Å². The Balaban J connectivity index is 1.74. The number of fused-ring (bicyclic) bond motifs is 3. The lowest BCUT2D eigenvalue weighted by Gasteiger charge is -2.33. The van der Waals surface area contributed by atoms with Crippen LogP contribution in [-0.2, 0) is 17.4 Å². The minimum absolute atomic E-state index is 0.0204. The van der Waals surface area contributed by atoms with Gasteiger partial charge in [-0.3, -0.25) is 4.98 Å². The first kappa shape index (κ1) is 22.6. The highest BCUT2D eigenvalue weighted by Gasteiger charge is 2.31.